The minimum Gasteiger partial charge on any atom is -0.443 e. The fourth-order valence-electron chi connectivity index (χ4n) is 3.00. The number of nitriles is 1. The molecular weight excluding hydrogens is 318 g/mol. The quantitative estimate of drug-likeness (QED) is 0.904. The lowest BCUT2D eigenvalue weighted by atomic mass is 9.96. The highest BCUT2D eigenvalue weighted by molar-refractivity contribution is 5.67. The Labute approximate surface area is 146 Å². The molecule has 0 aliphatic heterocycles. The van der Waals surface area contributed by atoms with Gasteiger partial charge >= 0.3 is 6.09 Å². The van der Waals surface area contributed by atoms with Crippen LogP contribution in [0, 0.1) is 11.3 Å². The predicted molar refractivity (Wildman–Crippen MR) is 90.5 cm³/mol. The summed E-state index contributed by atoms with van der Waals surface area (Å²) in [5.74, 6) is 0. The van der Waals surface area contributed by atoms with Crippen LogP contribution in [0.1, 0.15) is 48.9 Å². The first-order chi connectivity index (χ1) is 12.2. The molecule has 1 N–H and O–H groups in total. The molecule has 1 heterocycles. The zero-order chi connectivity index (χ0) is 17.5. The van der Waals surface area contributed by atoms with E-state index in [9.17, 15) is 4.79 Å². The van der Waals surface area contributed by atoms with E-state index in [0.717, 1.165) is 31.2 Å². The zero-order valence-electron chi connectivity index (χ0n) is 14.0. The third-order valence-electron chi connectivity index (χ3n) is 4.27. The summed E-state index contributed by atoms with van der Waals surface area (Å²) in [7, 11) is 0. The van der Waals surface area contributed by atoms with Crippen LogP contribution in [0.2, 0.25) is 0 Å². The van der Waals surface area contributed by atoms with Crippen LogP contribution < -0.4 is 5.32 Å². The monoisotopic (exact) mass is 339 g/mol. The van der Waals surface area contributed by atoms with Crippen molar-refractivity contribution in [2.75, 3.05) is 0 Å². The SMILES string of the molecule is N#Cc1cccc(Cn2cc(COC(=O)NC3CCCCC3)nn2)c1. The summed E-state index contributed by atoms with van der Waals surface area (Å²) in [5.41, 5.74) is 2.17. The van der Waals surface area contributed by atoms with Crippen molar-refractivity contribution in [2.24, 2.45) is 0 Å². The molecule has 1 aromatic carbocycles. The maximum Gasteiger partial charge on any atom is 0.407 e. The highest BCUT2D eigenvalue weighted by Gasteiger charge is 2.16. The van der Waals surface area contributed by atoms with E-state index in [4.69, 9.17) is 10.00 Å². The van der Waals surface area contributed by atoms with E-state index in [1.807, 2.05) is 18.2 Å². The van der Waals surface area contributed by atoms with Crippen molar-refractivity contribution >= 4 is 6.09 Å². The second-order valence-corrected chi connectivity index (χ2v) is 6.28. The van der Waals surface area contributed by atoms with E-state index in [1.54, 1.807) is 16.9 Å². The number of carbonyl (C=O) groups is 1. The molecule has 1 aliphatic carbocycles. The molecule has 3 rings (SSSR count). The molecular formula is C18H21N5O2. The van der Waals surface area contributed by atoms with Crippen molar-refractivity contribution in [2.45, 2.75) is 51.3 Å². The van der Waals surface area contributed by atoms with Crippen molar-refractivity contribution in [3.63, 3.8) is 0 Å². The summed E-state index contributed by atoms with van der Waals surface area (Å²) in [6.45, 7) is 0.605. The lowest BCUT2D eigenvalue weighted by Gasteiger charge is -2.22. The molecule has 25 heavy (non-hydrogen) atoms. The van der Waals surface area contributed by atoms with Crippen LogP contribution in [0.5, 0.6) is 0 Å². The molecule has 0 bridgehead atoms. The number of aromatic nitrogens is 3. The van der Waals surface area contributed by atoms with Gasteiger partial charge in [0.1, 0.15) is 12.3 Å². The minimum atomic E-state index is -0.400. The van der Waals surface area contributed by atoms with E-state index in [1.165, 1.54) is 6.42 Å². The summed E-state index contributed by atoms with van der Waals surface area (Å²) < 4.78 is 6.88. The topological polar surface area (TPSA) is 92.8 Å². The predicted octanol–water partition coefficient (Wildman–Crippen LogP) is 2.76. The third kappa shape index (κ3) is 5.05. The molecule has 1 aliphatic rings. The Hall–Kier alpha value is -2.88. The normalized spacial score (nSPS) is 14.7. The molecule has 0 atom stereocenters. The van der Waals surface area contributed by atoms with Gasteiger partial charge < -0.3 is 10.1 Å². The summed E-state index contributed by atoms with van der Waals surface area (Å²) >= 11 is 0. The van der Waals surface area contributed by atoms with Crippen molar-refractivity contribution in [1.29, 1.82) is 5.26 Å². The second-order valence-electron chi connectivity index (χ2n) is 6.28. The van der Waals surface area contributed by atoms with Crippen LogP contribution in [0.25, 0.3) is 0 Å². The minimum absolute atomic E-state index is 0.0940. The molecule has 1 aromatic heterocycles. The van der Waals surface area contributed by atoms with Gasteiger partial charge in [-0.3, -0.25) is 0 Å². The van der Waals surface area contributed by atoms with Crippen LogP contribution in [0.15, 0.2) is 30.5 Å². The molecule has 0 spiro atoms. The van der Waals surface area contributed by atoms with Crippen molar-refractivity contribution in [3.8, 4) is 6.07 Å². The van der Waals surface area contributed by atoms with Gasteiger partial charge in [0.05, 0.1) is 24.4 Å². The number of carbonyl (C=O) groups excluding carboxylic acids is 1. The molecule has 1 amide bonds. The Morgan fingerprint density at radius 1 is 1.36 bits per heavy atom. The van der Waals surface area contributed by atoms with Gasteiger partial charge in [-0.2, -0.15) is 5.26 Å². The van der Waals surface area contributed by atoms with Crippen LogP contribution in [0.4, 0.5) is 4.79 Å². The van der Waals surface area contributed by atoms with Crippen LogP contribution in [-0.4, -0.2) is 27.1 Å². The van der Waals surface area contributed by atoms with Gasteiger partial charge in [0.2, 0.25) is 0 Å². The molecule has 7 nitrogen and oxygen atoms in total. The number of nitrogens with zero attached hydrogens (tertiary/aromatic N) is 4. The average molecular weight is 339 g/mol. The molecule has 0 saturated heterocycles. The van der Waals surface area contributed by atoms with Crippen LogP contribution >= 0.6 is 0 Å². The Balaban J connectivity index is 1.48. The lowest BCUT2D eigenvalue weighted by molar-refractivity contribution is 0.131. The Morgan fingerprint density at radius 3 is 3.00 bits per heavy atom. The largest absolute Gasteiger partial charge is 0.443 e. The molecule has 2 aromatic rings. The fraction of sp³-hybridized carbons (Fsp3) is 0.444. The number of nitrogens with one attached hydrogen (secondary N) is 1. The van der Waals surface area contributed by atoms with Gasteiger partial charge in [-0.15, -0.1) is 5.10 Å². The lowest BCUT2D eigenvalue weighted by Crippen LogP contribution is -2.36. The maximum absolute atomic E-state index is 11.8. The number of ether oxygens (including phenoxy) is 1. The summed E-state index contributed by atoms with van der Waals surface area (Å²) in [6, 6.07) is 9.68. The second kappa shape index (κ2) is 8.29. The van der Waals surface area contributed by atoms with E-state index in [0.29, 0.717) is 17.8 Å². The smallest absolute Gasteiger partial charge is 0.407 e. The highest BCUT2D eigenvalue weighted by Crippen LogP contribution is 2.17. The van der Waals surface area contributed by atoms with E-state index in [-0.39, 0.29) is 12.6 Å². The van der Waals surface area contributed by atoms with E-state index in [2.05, 4.69) is 21.7 Å². The molecule has 1 saturated carbocycles. The van der Waals surface area contributed by atoms with Gasteiger partial charge in [-0.25, -0.2) is 9.48 Å². The first kappa shape index (κ1) is 17.0. The summed E-state index contributed by atoms with van der Waals surface area (Å²) in [6.07, 6.45) is 6.95. The first-order valence-corrected chi connectivity index (χ1v) is 8.54. The average Bonchev–Trinajstić information content (AvgIpc) is 3.08. The van der Waals surface area contributed by atoms with E-state index >= 15 is 0 Å². The van der Waals surface area contributed by atoms with Crippen molar-refractivity contribution in [3.05, 3.63) is 47.3 Å². The molecule has 7 heteroatoms. The van der Waals surface area contributed by atoms with Gasteiger partial charge in [0, 0.05) is 6.04 Å². The molecule has 130 valence electrons. The van der Waals surface area contributed by atoms with Crippen LogP contribution in [0.3, 0.4) is 0 Å². The zero-order valence-corrected chi connectivity index (χ0v) is 14.0. The summed E-state index contributed by atoms with van der Waals surface area (Å²) in [5, 5.41) is 19.9. The fourth-order valence-corrected chi connectivity index (χ4v) is 3.00. The Bertz CT molecular complexity index is 759. The maximum atomic E-state index is 11.8. The number of hydrogen-bond acceptors (Lipinski definition) is 5. The number of alkyl carbamates (subject to hydrolysis) is 1. The third-order valence-corrected chi connectivity index (χ3v) is 4.27. The summed E-state index contributed by atoms with van der Waals surface area (Å²) in [4.78, 5) is 11.8. The molecule has 0 unspecified atom stereocenters. The van der Waals surface area contributed by atoms with Crippen LogP contribution in [-0.2, 0) is 17.9 Å². The highest BCUT2D eigenvalue weighted by atomic mass is 16.5. The van der Waals surface area contributed by atoms with Crippen molar-refractivity contribution < 1.29 is 9.53 Å². The Kier molecular flexibility index (Phi) is 5.62. The van der Waals surface area contributed by atoms with Gasteiger partial charge in [-0.05, 0) is 30.5 Å². The molecule has 1 fully saturated rings. The molecule has 0 radical (unpaired) electrons. The first-order valence-electron chi connectivity index (χ1n) is 8.54. The Morgan fingerprint density at radius 2 is 2.20 bits per heavy atom. The standard InChI is InChI=1S/C18H21N5O2/c19-10-14-5-4-6-15(9-14)11-23-12-17(21-22-23)13-25-18(24)20-16-7-2-1-3-8-16/h4-6,9,12,16H,1-3,7-8,11,13H2,(H,20,24). The number of benzene rings is 1. The van der Waals surface area contributed by atoms with Gasteiger partial charge in [-0.1, -0.05) is 36.6 Å². The van der Waals surface area contributed by atoms with E-state index < -0.39 is 6.09 Å². The number of amides is 1. The number of rotatable bonds is 5. The van der Waals surface area contributed by atoms with Gasteiger partial charge in [0.15, 0.2) is 0 Å². The van der Waals surface area contributed by atoms with Crippen molar-refractivity contribution in [1.82, 2.24) is 20.3 Å². The van der Waals surface area contributed by atoms with Gasteiger partial charge in [0.25, 0.3) is 0 Å². The number of hydrogen-bond donors (Lipinski definition) is 1.